The maximum Gasteiger partial charge on any atom is 0.263 e. The first-order chi connectivity index (χ1) is 12.7. The van der Waals surface area contributed by atoms with Crippen molar-refractivity contribution in [2.75, 3.05) is 18.9 Å². The number of amides is 2. The van der Waals surface area contributed by atoms with E-state index in [1.165, 1.54) is 4.90 Å². The molecule has 0 spiro atoms. The number of carbonyl (C=O) groups excluding carboxylic acids is 2. The molecule has 2 aromatic rings. The number of carbonyl (C=O) groups is 2. The molecule has 0 aliphatic rings. The number of hydrogen-bond acceptors (Lipinski definition) is 3. The van der Waals surface area contributed by atoms with Crippen molar-refractivity contribution in [3.63, 3.8) is 0 Å². The molecule has 0 saturated heterocycles. The molecule has 0 aliphatic carbocycles. The van der Waals surface area contributed by atoms with Crippen molar-refractivity contribution in [2.24, 2.45) is 0 Å². The van der Waals surface area contributed by atoms with Crippen LogP contribution in [-0.4, -0.2) is 36.4 Å². The van der Waals surface area contributed by atoms with Crippen molar-refractivity contribution >= 4 is 17.5 Å². The van der Waals surface area contributed by atoms with Gasteiger partial charge in [0.05, 0.1) is 6.54 Å². The number of nitrogens with zero attached hydrogens (tertiary/aromatic N) is 1. The van der Waals surface area contributed by atoms with Gasteiger partial charge in [0.15, 0.2) is 6.10 Å². The average Bonchev–Trinajstić information content (AvgIpc) is 2.57. The van der Waals surface area contributed by atoms with Crippen LogP contribution in [0.3, 0.4) is 0 Å². The van der Waals surface area contributed by atoms with Crippen LogP contribution in [0.5, 0.6) is 5.75 Å². The van der Waals surface area contributed by atoms with Gasteiger partial charge in [0.2, 0.25) is 5.91 Å². The summed E-state index contributed by atoms with van der Waals surface area (Å²) >= 11 is 0. The number of likely N-dealkylation sites (N-methyl/N-ethyl adjacent to an activating group) is 1. The van der Waals surface area contributed by atoms with Gasteiger partial charge in [-0.3, -0.25) is 9.59 Å². The molecule has 2 amide bonds. The lowest BCUT2D eigenvalue weighted by Crippen LogP contribution is -2.42. The number of ether oxygens (including phenoxy) is 1. The van der Waals surface area contributed by atoms with Crippen LogP contribution < -0.4 is 10.1 Å². The van der Waals surface area contributed by atoms with Crippen LogP contribution in [0.25, 0.3) is 0 Å². The van der Waals surface area contributed by atoms with Gasteiger partial charge >= 0.3 is 0 Å². The van der Waals surface area contributed by atoms with Crippen molar-refractivity contribution in [1.82, 2.24) is 4.90 Å². The molecule has 2 aromatic carbocycles. The normalized spacial score (nSPS) is 11.6. The second-order valence-corrected chi connectivity index (χ2v) is 7.09. The molecular formula is C22H28N2O3. The average molecular weight is 368 g/mol. The zero-order valence-corrected chi connectivity index (χ0v) is 16.9. The summed E-state index contributed by atoms with van der Waals surface area (Å²) in [5.41, 5.74) is 5.02. The number of rotatable bonds is 6. The number of hydrogen-bond donors (Lipinski definition) is 1. The van der Waals surface area contributed by atoms with Gasteiger partial charge in [-0.25, -0.2) is 0 Å². The first-order valence-corrected chi connectivity index (χ1v) is 9.03. The quantitative estimate of drug-likeness (QED) is 0.844. The molecule has 5 heteroatoms. The van der Waals surface area contributed by atoms with E-state index >= 15 is 0 Å². The van der Waals surface area contributed by atoms with Crippen molar-refractivity contribution in [3.05, 3.63) is 58.7 Å². The molecule has 0 aliphatic heterocycles. The summed E-state index contributed by atoms with van der Waals surface area (Å²) in [6.45, 7) is 9.56. The third-order valence-corrected chi connectivity index (χ3v) is 4.35. The Labute approximate surface area is 161 Å². The van der Waals surface area contributed by atoms with Crippen LogP contribution in [0, 0.1) is 27.7 Å². The number of nitrogens with one attached hydrogen (secondary N) is 1. The zero-order chi connectivity index (χ0) is 20.1. The minimum absolute atomic E-state index is 0.0346. The Morgan fingerprint density at radius 1 is 1.04 bits per heavy atom. The monoisotopic (exact) mass is 368 g/mol. The first-order valence-electron chi connectivity index (χ1n) is 9.03. The molecule has 144 valence electrons. The Kier molecular flexibility index (Phi) is 6.61. The molecule has 0 unspecified atom stereocenters. The van der Waals surface area contributed by atoms with E-state index in [9.17, 15) is 9.59 Å². The van der Waals surface area contributed by atoms with E-state index in [2.05, 4.69) is 5.32 Å². The third kappa shape index (κ3) is 5.58. The molecule has 0 heterocycles. The van der Waals surface area contributed by atoms with E-state index in [0.717, 1.165) is 27.9 Å². The van der Waals surface area contributed by atoms with Crippen LogP contribution >= 0.6 is 0 Å². The highest BCUT2D eigenvalue weighted by Gasteiger charge is 2.21. The summed E-state index contributed by atoms with van der Waals surface area (Å²) in [6.07, 6.45) is -0.674. The minimum atomic E-state index is -0.674. The maximum absolute atomic E-state index is 12.5. The minimum Gasteiger partial charge on any atom is -0.481 e. The van der Waals surface area contributed by atoms with Gasteiger partial charge in [0, 0.05) is 12.7 Å². The van der Waals surface area contributed by atoms with Crippen molar-refractivity contribution in [2.45, 2.75) is 40.7 Å². The van der Waals surface area contributed by atoms with Gasteiger partial charge in [-0.2, -0.15) is 0 Å². The fourth-order valence-corrected chi connectivity index (χ4v) is 3.10. The predicted octanol–water partition coefficient (Wildman–Crippen LogP) is 3.78. The lowest BCUT2D eigenvalue weighted by Gasteiger charge is -2.22. The van der Waals surface area contributed by atoms with Crippen molar-refractivity contribution < 1.29 is 14.3 Å². The Balaban J connectivity index is 1.96. The number of anilines is 1. The molecule has 0 saturated carbocycles. The van der Waals surface area contributed by atoms with Gasteiger partial charge < -0.3 is 15.0 Å². The van der Waals surface area contributed by atoms with Gasteiger partial charge in [0.25, 0.3) is 5.91 Å². The number of benzene rings is 2. The van der Waals surface area contributed by atoms with Crippen molar-refractivity contribution in [1.29, 1.82) is 0 Å². The second kappa shape index (κ2) is 8.71. The van der Waals surface area contributed by atoms with Crippen LogP contribution in [-0.2, 0) is 9.59 Å². The summed E-state index contributed by atoms with van der Waals surface area (Å²) in [5, 5.41) is 2.91. The Hall–Kier alpha value is -2.82. The van der Waals surface area contributed by atoms with Crippen LogP contribution in [0.15, 0.2) is 36.4 Å². The van der Waals surface area contributed by atoms with E-state index in [0.29, 0.717) is 5.75 Å². The third-order valence-electron chi connectivity index (χ3n) is 4.35. The van der Waals surface area contributed by atoms with Crippen LogP contribution in [0.2, 0.25) is 0 Å². The summed E-state index contributed by atoms with van der Waals surface area (Å²) in [5.74, 6) is 0.160. The maximum atomic E-state index is 12.5. The molecule has 2 rings (SSSR count). The Morgan fingerprint density at radius 2 is 1.67 bits per heavy atom. The highest BCUT2D eigenvalue weighted by Crippen LogP contribution is 2.22. The highest BCUT2D eigenvalue weighted by atomic mass is 16.5. The van der Waals surface area contributed by atoms with Gasteiger partial charge in [-0.15, -0.1) is 0 Å². The smallest absolute Gasteiger partial charge is 0.263 e. The lowest BCUT2D eigenvalue weighted by molar-refractivity contribution is -0.139. The molecule has 0 fully saturated rings. The van der Waals surface area contributed by atoms with Crippen molar-refractivity contribution in [3.8, 4) is 5.75 Å². The molecular weight excluding hydrogens is 340 g/mol. The van der Waals surface area contributed by atoms with E-state index in [1.807, 2.05) is 64.1 Å². The fraction of sp³-hybridized carbons (Fsp3) is 0.364. The van der Waals surface area contributed by atoms with Gasteiger partial charge in [0.1, 0.15) is 5.75 Å². The molecule has 1 N–H and O–H groups in total. The van der Waals surface area contributed by atoms with Crippen LogP contribution in [0.1, 0.15) is 29.2 Å². The van der Waals surface area contributed by atoms with Crippen LogP contribution in [0.4, 0.5) is 5.69 Å². The summed E-state index contributed by atoms with van der Waals surface area (Å²) in [6, 6.07) is 11.6. The Morgan fingerprint density at radius 3 is 2.26 bits per heavy atom. The van der Waals surface area contributed by atoms with Gasteiger partial charge in [-0.1, -0.05) is 29.8 Å². The molecule has 27 heavy (non-hydrogen) atoms. The first kappa shape index (κ1) is 20.5. The van der Waals surface area contributed by atoms with E-state index in [-0.39, 0.29) is 18.4 Å². The van der Waals surface area contributed by atoms with E-state index in [1.54, 1.807) is 14.0 Å². The highest BCUT2D eigenvalue weighted by molar-refractivity contribution is 5.96. The Bertz CT molecular complexity index is 822. The molecule has 5 nitrogen and oxygen atoms in total. The second-order valence-electron chi connectivity index (χ2n) is 7.09. The predicted molar refractivity (Wildman–Crippen MR) is 108 cm³/mol. The molecule has 0 radical (unpaired) electrons. The molecule has 1 atom stereocenters. The summed E-state index contributed by atoms with van der Waals surface area (Å²) in [7, 11) is 1.60. The van der Waals surface area contributed by atoms with E-state index < -0.39 is 6.10 Å². The van der Waals surface area contributed by atoms with Gasteiger partial charge in [-0.05, 0) is 63.4 Å². The molecule has 0 aromatic heterocycles. The lowest BCUT2D eigenvalue weighted by atomic mass is 10.1. The standard InChI is InChI=1S/C22H28N2O3/c1-14-8-7-9-19(12-14)27-18(5)22(26)24(6)13-20(25)23-21-16(3)10-15(2)11-17(21)4/h7-12,18H,13H2,1-6H3,(H,23,25)/t18-/m1/s1. The summed E-state index contributed by atoms with van der Waals surface area (Å²) in [4.78, 5) is 26.3. The zero-order valence-electron chi connectivity index (χ0n) is 16.9. The largest absolute Gasteiger partial charge is 0.481 e. The SMILES string of the molecule is Cc1cccc(O[C@H](C)C(=O)N(C)CC(=O)Nc2c(C)cc(C)cc2C)c1. The fourth-order valence-electron chi connectivity index (χ4n) is 3.10. The summed E-state index contributed by atoms with van der Waals surface area (Å²) < 4.78 is 5.71. The van der Waals surface area contributed by atoms with E-state index in [4.69, 9.17) is 4.74 Å². The molecule has 0 bridgehead atoms. The topological polar surface area (TPSA) is 58.6 Å². The number of aryl methyl sites for hydroxylation is 4.